The number of nitrogens with zero attached hydrogens (tertiary/aromatic N) is 1. The third-order valence-corrected chi connectivity index (χ3v) is 8.51. The van der Waals surface area contributed by atoms with Crippen LogP contribution in [0.1, 0.15) is 35.7 Å². The first kappa shape index (κ1) is 22.3. The van der Waals surface area contributed by atoms with E-state index in [-0.39, 0.29) is 29.3 Å². The van der Waals surface area contributed by atoms with Crippen molar-refractivity contribution in [1.82, 2.24) is 15.8 Å². The van der Waals surface area contributed by atoms with Crippen molar-refractivity contribution >= 4 is 50.7 Å². The second-order valence-corrected chi connectivity index (χ2v) is 10.4. The maximum absolute atomic E-state index is 13.3. The van der Waals surface area contributed by atoms with Gasteiger partial charge in [-0.3, -0.25) is 19.8 Å². The molecule has 172 valence electrons. The van der Waals surface area contributed by atoms with Gasteiger partial charge in [-0.2, -0.15) is 0 Å². The van der Waals surface area contributed by atoms with E-state index in [1.54, 1.807) is 29.2 Å². The molecule has 1 aromatic carbocycles. The minimum absolute atomic E-state index is 0.00202. The number of carbonyl (C=O) groups excluding carboxylic acids is 2. The molecule has 5 unspecified atom stereocenters. The Bertz CT molecular complexity index is 1150. The van der Waals surface area contributed by atoms with Crippen molar-refractivity contribution in [2.75, 3.05) is 0 Å². The molecule has 0 spiro atoms. The summed E-state index contributed by atoms with van der Waals surface area (Å²) in [7, 11) is 0. The Kier molecular flexibility index (Phi) is 5.86. The quantitative estimate of drug-likeness (QED) is 0.272. The molecule has 3 fully saturated rings. The zero-order valence-electron chi connectivity index (χ0n) is 17.4. The highest BCUT2D eigenvalue weighted by Gasteiger charge is 2.52. The highest BCUT2D eigenvalue weighted by atomic mass is 79.9. The molecule has 1 amide bonds. The van der Waals surface area contributed by atoms with Gasteiger partial charge in [0.2, 0.25) is 0 Å². The number of fused-ring (bicyclic) bond motifs is 1. The number of aliphatic hydroxyl groups is 1. The number of ketones is 1. The maximum Gasteiger partial charge on any atom is 0.322 e. The molecule has 2 aliphatic heterocycles. The molecule has 3 aliphatic rings. The van der Waals surface area contributed by atoms with Crippen molar-refractivity contribution in [3.63, 3.8) is 0 Å². The fraction of sp³-hybridized carbons (Fsp3) is 0.348. The van der Waals surface area contributed by atoms with Gasteiger partial charge in [0, 0.05) is 38.3 Å². The van der Waals surface area contributed by atoms with Gasteiger partial charge in [-0.15, -0.1) is 11.3 Å². The first-order valence-electron chi connectivity index (χ1n) is 10.7. The molecule has 2 aromatic rings. The number of amides is 1. The topological polar surface area (TPSA) is 119 Å². The lowest BCUT2D eigenvalue weighted by atomic mass is 9.78. The van der Waals surface area contributed by atoms with Gasteiger partial charge in [-0.05, 0) is 41.3 Å². The number of carboxylic acids is 1. The standard InChI is InChI=1S/C23H22BrN3O5S/c24-12-8-16(33-10-12)19-17(20(28)11-4-2-1-3-5-11)21(29)22(30)27(19)13-6-7-15-14(9-13)18(23(31)32)26-25-15/h1-5,8,10,13-15,18-19,25-26,28H,6-7,9H2,(H,31,32)/b20-17-. The van der Waals surface area contributed by atoms with Crippen LogP contribution in [0.25, 0.3) is 5.76 Å². The number of rotatable bonds is 4. The average Bonchev–Trinajstić information content (AvgIpc) is 3.50. The molecule has 5 atom stereocenters. The van der Waals surface area contributed by atoms with E-state index in [4.69, 9.17) is 0 Å². The SMILES string of the molecule is O=C1C(=O)N(C2CCC3NNC(C(=O)O)C3C2)C(c2cc(Br)cs2)/C1=C(/O)c1ccccc1. The normalized spacial score (nSPS) is 31.1. The van der Waals surface area contributed by atoms with Crippen LogP contribution in [0.2, 0.25) is 0 Å². The molecule has 4 N–H and O–H groups in total. The molecular weight excluding hydrogens is 510 g/mol. The van der Waals surface area contributed by atoms with Crippen molar-refractivity contribution in [3.8, 4) is 0 Å². The summed E-state index contributed by atoms with van der Waals surface area (Å²) in [6.45, 7) is 0. The molecule has 0 radical (unpaired) electrons. The number of carboxylic acid groups (broad SMARTS) is 1. The summed E-state index contributed by atoms with van der Waals surface area (Å²) < 4.78 is 0.826. The Hall–Kier alpha value is -2.53. The number of aliphatic carboxylic acids is 1. The van der Waals surface area contributed by atoms with Crippen LogP contribution in [-0.2, 0) is 14.4 Å². The number of Topliss-reactive ketones (excluding diaryl/α,β-unsaturated/α-hetero) is 1. The van der Waals surface area contributed by atoms with Gasteiger partial charge in [-0.25, -0.2) is 5.43 Å². The van der Waals surface area contributed by atoms with Gasteiger partial charge in [0.15, 0.2) is 0 Å². The number of hydrogen-bond acceptors (Lipinski definition) is 7. The predicted molar refractivity (Wildman–Crippen MR) is 125 cm³/mol. The van der Waals surface area contributed by atoms with Crippen molar-refractivity contribution in [2.45, 2.75) is 43.4 Å². The average molecular weight is 532 g/mol. The van der Waals surface area contributed by atoms with Crippen LogP contribution in [0.4, 0.5) is 0 Å². The number of likely N-dealkylation sites (tertiary alicyclic amines) is 1. The second kappa shape index (κ2) is 8.68. The Labute approximate surface area is 202 Å². The summed E-state index contributed by atoms with van der Waals surface area (Å²) in [5, 5.41) is 22.6. The van der Waals surface area contributed by atoms with E-state index in [9.17, 15) is 24.6 Å². The van der Waals surface area contributed by atoms with E-state index in [1.807, 2.05) is 17.5 Å². The van der Waals surface area contributed by atoms with E-state index in [1.165, 1.54) is 11.3 Å². The Morgan fingerprint density at radius 2 is 1.88 bits per heavy atom. The number of nitrogens with one attached hydrogen (secondary N) is 2. The largest absolute Gasteiger partial charge is 0.507 e. The summed E-state index contributed by atoms with van der Waals surface area (Å²) in [6, 6.07) is 8.77. The number of thiophene rings is 1. The number of hydrazine groups is 1. The Balaban J connectivity index is 1.57. The van der Waals surface area contributed by atoms with Crippen molar-refractivity contribution in [1.29, 1.82) is 0 Å². The van der Waals surface area contributed by atoms with E-state index < -0.39 is 29.7 Å². The van der Waals surface area contributed by atoms with Crippen LogP contribution in [0.5, 0.6) is 0 Å². The second-order valence-electron chi connectivity index (χ2n) is 8.58. The minimum Gasteiger partial charge on any atom is -0.507 e. The zero-order valence-corrected chi connectivity index (χ0v) is 19.8. The van der Waals surface area contributed by atoms with Gasteiger partial charge >= 0.3 is 5.97 Å². The summed E-state index contributed by atoms with van der Waals surface area (Å²) in [4.78, 5) is 40.6. The molecule has 1 aromatic heterocycles. The lowest BCUT2D eigenvalue weighted by Gasteiger charge is -2.39. The summed E-state index contributed by atoms with van der Waals surface area (Å²) in [5.74, 6) is -2.73. The van der Waals surface area contributed by atoms with Gasteiger partial charge in [-0.1, -0.05) is 30.3 Å². The van der Waals surface area contributed by atoms with Crippen LogP contribution < -0.4 is 10.9 Å². The fourth-order valence-electron chi connectivity index (χ4n) is 5.26. The predicted octanol–water partition coefficient (Wildman–Crippen LogP) is 3.03. The van der Waals surface area contributed by atoms with Gasteiger partial charge < -0.3 is 15.1 Å². The molecular formula is C23H22BrN3O5S. The van der Waals surface area contributed by atoms with E-state index in [0.717, 1.165) is 9.35 Å². The van der Waals surface area contributed by atoms with Gasteiger partial charge in [0.05, 0.1) is 11.6 Å². The van der Waals surface area contributed by atoms with Crippen LogP contribution in [-0.4, -0.2) is 50.9 Å². The maximum atomic E-state index is 13.3. The highest BCUT2D eigenvalue weighted by Crippen LogP contribution is 2.46. The third-order valence-electron chi connectivity index (χ3n) is 6.77. The lowest BCUT2D eigenvalue weighted by Crippen LogP contribution is -2.47. The molecule has 1 saturated carbocycles. The number of benzene rings is 1. The first-order valence-corrected chi connectivity index (χ1v) is 12.4. The van der Waals surface area contributed by atoms with Crippen LogP contribution in [0, 0.1) is 5.92 Å². The van der Waals surface area contributed by atoms with Crippen molar-refractivity contribution in [2.24, 2.45) is 5.92 Å². The molecule has 10 heteroatoms. The number of carbonyl (C=O) groups is 3. The van der Waals surface area contributed by atoms with E-state index >= 15 is 0 Å². The molecule has 1 aliphatic carbocycles. The summed E-state index contributed by atoms with van der Waals surface area (Å²) in [5.41, 5.74) is 6.45. The summed E-state index contributed by atoms with van der Waals surface area (Å²) >= 11 is 4.85. The van der Waals surface area contributed by atoms with Crippen molar-refractivity contribution < 1.29 is 24.6 Å². The monoisotopic (exact) mass is 531 g/mol. The smallest absolute Gasteiger partial charge is 0.322 e. The molecule has 8 nitrogen and oxygen atoms in total. The van der Waals surface area contributed by atoms with Crippen LogP contribution in [0.15, 0.2) is 51.8 Å². The zero-order chi connectivity index (χ0) is 23.3. The fourth-order valence-corrected chi connectivity index (χ4v) is 6.81. The lowest BCUT2D eigenvalue weighted by molar-refractivity contribution is -0.143. The molecule has 2 saturated heterocycles. The van der Waals surface area contributed by atoms with Crippen molar-refractivity contribution in [3.05, 3.63) is 62.3 Å². The first-order chi connectivity index (χ1) is 15.9. The number of halogens is 1. The Morgan fingerprint density at radius 3 is 2.55 bits per heavy atom. The summed E-state index contributed by atoms with van der Waals surface area (Å²) in [6.07, 6.45) is 1.75. The number of hydrogen-bond donors (Lipinski definition) is 4. The van der Waals surface area contributed by atoms with E-state index in [0.29, 0.717) is 24.8 Å². The molecule has 3 heterocycles. The third kappa shape index (κ3) is 3.80. The Morgan fingerprint density at radius 1 is 1.12 bits per heavy atom. The van der Waals surface area contributed by atoms with Gasteiger partial charge in [0.1, 0.15) is 11.8 Å². The number of aliphatic hydroxyl groups excluding tert-OH is 1. The minimum atomic E-state index is -0.944. The molecule has 33 heavy (non-hydrogen) atoms. The van der Waals surface area contributed by atoms with Crippen LogP contribution >= 0.6 is 27.3 Å². The van der Waals surface area contributed by atoms with E-state index in [2.05, 4.69) is 26.8 Å². The highest BCUT2D eigenvalue weighted by molar-refractivity contribution is 9.10. The molecule has 5 rings (SSSR count). The molecule has 0 bridgehead atoms. The van der Waals surface area contributed by atoms with Crippen LogP contribution in [0.3, 0.4) is 0 Å². The van der Waals surface area contributed by atoms with Gasteiger partial charge in [0.25, 0.3) is 11.7 Å².